The molecule has 1 aromatic heterocycles. The molecule has 1 saturated carbocycles. The van der Waals surface area contributed by atoms with Gasteiger partial charge in [0.25, 0.3) is 0 Å². The van der Waals surface area contributed by atoms with Gasteiger partial charge in [0, 0.05) is 44.3 Å². The number of aromatic nitrogens is 2. The Hall–Kier alpha value is -1.44. The lowest BCUT2D eigenvalue weighted by atomic mass is 9.89. The van der Waals surface area contributed by atoms with Crippen molar-refractivity contribution < 1.29 is 0 Å². The molecule has 2 heterocycles. The summed E-state index contributed by atoms with van der Waals surface area (Å²) in [5.41, 5.74) is 12.8. The molecule has 1 unspecified atom stereocenters. The smallest absolute Gasteiger partial charge is 0.136 e. The average Bonchev–Trinajstić information content (AvgIpc) is 2.56. The van der Waals surface area contributed by atoms with E-state index in [4.69, 9.17) is 11.5 Å². The largest absolute Gasteiger partial charge is 0.383 e. The van der Waals surface area contributed by atoms with Gasteiger partial charge in [0.1, 0.15) is 18.0 Å². The topological polar surface area (TPSA) is 105 Å². The zero-order chi connectivity index (χ0) is 16.2. The lowest BCUT2D eigenvalue weighted by molar-refractivity contribution is 0.135. The molecule has 0 amide bonds. The Labute approximate surface area is 138 Å². The fourth-order valence-electron chi connectivity index (χ4n) is 3.80. The summed E-state index contributed by atoms with van der Waals surface area (Å²) in [4.78, 5) is 11.1. The second-order valence-electron chi connectivity index (χ2n) is 6.75. The third kappa shape index (κ3) is 3.91. The highest BCUT2D eigenvalue weighted by atomic mass is 15.2. The molecule has 1 aliphatic heterocycles. The van der Waals surface area contributed by atoms with Crippen LogP contribution in [0.15, 0.2) is 6.33 Å². The summed E-state index contributed by atoms with van der Waals surface area (Å²) in [5.74, 6) is 1.28. The van der Waals surface area contributed by atoms with Gasteiger partial charge in [0.2, 0.25) is 0 Å². The van der Waals surface area contributed by atoms with Crippen molar-refractivity contribution in [1.29, 1.82) is 0 Å². The van der Waals surface area contributed by atoms with Crippen LogP contribution in [0, 0.1) is 0 Å². The molecule has 2 fully saturated rings. The first-order chi connectivity index (χ1) is 11.1. The molecule has 0 bridgehead atoms. The Kier molecular flexibility index (Phi) is 5.30. The van der Waals surface area contributed by atoms with Crippen LogP contribution < -0.4 is 22.1 Å². The van der Waals surface area contributed by atoms with Crippen molar-refractivity contribution in [2.45, 2.75) is 50.7 Å². The summed E-state index contributed by atoms with van der Waals surface area (Å²) in [7, 11) is 0. The molecular formula is C16H29N7. The number of anilines is 2. The third-order valence-corrected chi connectivity index (χ3v) is 5.08. The number of nitrogens with one attached hydrogen (secondary N) is 2. The zero-order valence-corrected chi connectivity index (χ0v) is 14.0. The van der Waals surface area contributed by atoms with Crippen LogP contribution in [0.1, 0.15) is 44.2 Å². The molecule has 1 atom stereocenters. The molecule has 7 heteroatoms. The summed E-state index contributed by atoms with van der Waals surface area (Å²) >= 11 is 0. The fourth-order valence-corrected chi connectivity index (χ4v) is 3.80. The first-order valence-corrected chi connectivity index (χ1v) is 8.72. The minimum atomic E-state index is -0.170. The van der Waals surface area contributed by atoms with Gasteiger partial charge in [-0.1, -0.05) is 0 Å². The van der Waals surface area contributed by atoms with E-state index in [1.165, 1.54) is 32.3 Å². The maximum Gasteiger partial charge on any atom is 0.136 e. The van der Waals surface area contributed by atoms with Crippen molar-refractivity contribution in [1.82, 2.24) is 20.2 Å². The van der Waals surface area contributed by atoms with E-state index in [-0.39, 0.29) is 6.04 Å². The number of hydrogen-bond donors (Lipinski definition) is 4. The van der Waals surface area contributed by atoms with E-state index in [0.717, 1.165) is 43.4 Å². The summed E-state index contributed by atoms with van der Waals surface area (Å²) in [6.45, 7) is 6.52. The van der Waals surface area contributed by atoms with Crippen LogP contribution in [-0.4, -0.2) is 53.1 Å². The molecule has 128 valence electrons. The predicted octanol–water partition coefficient (Wildman–Crippen LogP) is 0.707. The van der Waals surface area contributed by atoms with Crippen molar-refractivity contribution in [3.63, 3.8) is 0 Å². The van der Waals surface area contributed by atoms with Crippen molar-refractivity contribution in [3.8, 4) is 0 Å². The number of hydrogen-bond acceptors (Lipinski definition) is 7. The molecule has 1 aromatic rings. The molecule has 3 rings (SSSR count). The second-order valence-corrected chi connectivity index (χ2v) is 6.75. The van der Waals surface area contributed by atoms with Crippen LogP contribution in [0.3, 0.4) is 0 Å². The van der Waals surface area contributed by atoms with E-state index in [1.807, 2.05) is 6.92 Å². The average molecular weight is 319 g/mol. The normalized spacial score (nSPS) is 27.6. The first kappa shape index (κ1) is 16.4. The Morgan fingerprint density at radius 2 is 1.91 bits per heavy atom. The molecule has 2 aliphatic rings. The van der Waals surface area contributed by atoms with E-state index in [2.05, 4.69) is 25.5 Å². The van der Waals surface area contributed by atoms with Gasteiger partial charge in [-0.3, -0.25) is 4.90 Å². The van der Waals surface area contributed by atoms with Crippen LogP contribution in [0.25, 0.3) is 0 Å². The summed E-state index contributed by atoms with van der Waals surface area (Å²) in [5, 5.41) is 6.98. The van der Waals surface area contributed by atoms with Gasteiger partial charge in [0.15, 0.2) is 0 Å². The van der Waals surface area contributed by atoms with Gasteiger partial charge in [-0.25, -0.2) is 9.97 Å². The van der Waals surface area contributed by atoms with Crippen LogP contribution in [0.2, 0.25) is 0 Å². The molecule has 7 nitrogen and oxygen atoms in total. The Morgan fingerprint density at radius 3 is 2.57 bits per heavy atom. The Morgan fingerprint density at radius 1 is 1.22 bits per heavy atom. The number of piperazine rings is 1. The van der Waals surface area contributed by atoms with E-state index in [0.29, 0.717) is 11.9 Å². The number of rotatable bonds is 4. The van der Waals surface area contributed by atoms with E-state index in [1.54, 1.807) is 0 Å². The second kappa shape index (κ2) is 7.42. The van der Waals surface area contributed by atoms with Crippen molar-refractivity contribution in [2.24, 2.45) is 5.73 Å². The zero-order valence-electron chi connectivity index (χ0n) is 14.0. The van der Waals surface area contributed by atoms with Gasteiger partial charge < -0.3 is 22.1 Å². The van der Waals surface area contributed by atoms with Gasteiger partial charge >= 0.3 is 0 Å². The number of nitrogens with zero attached hydrogens (tertiary/aromatic N) is 3. The van der Waals surface area contributed by atoms with E-state index >= 15 is 0 Å². The van der Waals surface area contributed by atoms with Gasteiger partial charge in [-0.15, -0.1) is 0 Å². The molecule has 23 heavy (non-hydrogen) atoms. The lowest BCUT2D eigenvalue weighted by Crippen LogP contribution is -2.50. The highest BCUT2D eigenvalue weighted by Crippen LogP contribution is 2.29. The SMILES string of the molecule is CC(N)c1c(N)ncnc1NC1CCC(N2CCNCC2)CC1. The standard InChI is InChI=1S/C16H29N7/c1-11(17)14-15(18)20-10-21-16(14)22-12-2-4-13(5-3-12)23-8-6-19-7-9-23/h10-13,19H,2-9,17H2,1H3,(H3,18,20,21,22). The minimum Gasteiger partial charge on any atom is -0.383 e. The summed E-state index contributed by atoms with van der Waals surface area (Å²) in [6.07, 6.45) is 6.32. The van der Waals surface area contributed by atoms with Gasteiger partial charge in [0.05, 0.1) is 5.56 Å². The number of nitrogen functional groups attached to an aromatic ring is 1. The molecule has 0 aromatic carbocycles. The summed E-state index contributed by atoms with van der Waals surface area (Å²) in [6, 6.07) is 1.01. The minimum absolute atomic E-state index is 0.170. The van der Waals surface area contributed by atoms with Crippen LogP contribution >= 0.6 is 0 Å². The van der Waals surface area contributed by atoms with Crippen molar-refractivity contribution >= 4 is 11.6 Å². The summed E-state index contributed by atoms with van der Waals surface area (Å²) < 4.78 is 0. The lowest BCUT2D eigenvalue weighted by Gasteiger charge is -2.39. The Bertz CT molecular complexity index is 505. The monoisotopic (exact) mass is 319 g/mol. The highest BCUT2D eigenvalue weighted by molar-refractivity contribution is 5.56. The molecule has 6 N–H and O–H groups in total. The van der Waals surface area contributed by atoms with E-state index in [9.17, 15) is 0 Å². The van der Waals surface area contributed by atoms with Crippen LogP contribution in [-0.2, 0) is 0 Å². The van der Waals surface area contributed by atoms with Crippen molar-refractivity contribution in [2.75, 3.05) is 37.2 Å². The van der Waals surface area contributed by atoms with Crippen LogP contribution in [0.5, 0.6) is 0 Å². The third-order valence-electron chi connectivity index (χ3n) is 5.08. The van der Waals surface area contributed by atoms with Crippen molar-refractivity contribution in [3.05, 3.63) is 11.9 Å². The van der Waals surface area contributed by atoms with E-state index < -0.39 is 0 Å². The molecule has 1 saturated heterocycles. The molecule has 0 spiro atoms. The van der Waals surface area contributed by atoms with Gasteiger partial charge in [-0.2, -0.15) is 0 Å². The molecular weight excluding hydrogens is 290 g/mol. The quantitative estimate of drug-likeness (QED) is 0.647. The molecule has 0 radical (unpaired) electrons. The predicted molar refractivity (Wildman–Crippen MR) is 93.2 cm³/mol. The maximum atomic E-state index is 6.03. The number of nitrogens with two attached hydrogens (primary N) is 2. The first-order valence-electron chi connectivity index (χ1n) is 8.72. The Balaban J connectivity index is 1.58. The van der Waals surface area contributed by atoms with Gasteiger partial charge in [-0.05, 0) is 32.6 Å². The molecule has 1 aliphatic carbocycles. The highest BCUT2D eigenvalue weighted by Gasteiger charge is 2.27. The van der Waals surface area contributed by atoms with Crippen LogP contribution in [0.4, 0.5) is 11.6 Å². The maximum absolute atomic E-state index is 6.03. The fraction of sp³-hybridized carbons (Fsp3) is 0.750.